The van der Waals surface area contributed by atoms with Crippen LogP contribution in [-0.2, 0) is 11.3 Å². The Hall–Kier alpha value is -2.53. The molecular weight excluding hydrogens is 364 g/mol. The summed E-state index contributed by atoms with van der Waals surface area (Å²) in [5.74, 6) is 1.93. The molecule has 2 aromatic rings. The Morgan fingerprint density at radius 2 is 1.72 bits per heavy atom. The highest BCUT2D eigenvalue weighted by atomic mass is 16.5. The van der Waals surface area contributed by atoms with Crippen LogP contribution in [0.5, 0.6) is 11.5 Å². The average Bonchev–Trinajstić information content (AvgIpc) is 2.78. The van der Waals surface area contributed by atoms with E-state index in [1.807, 2.05) is 41.3 Å². The van der Waals surface area contributed by atoms with Crippen molar-refractivity contribution in [3.05, 3.63) is 59.7 Å². The first-order chi connectivity index (χ1) is 14.2. The molecule has 0 N–H and O–H groups in total. The van der Waals surface area contributed by atoms with Crippen molar-refractivity contribution in [2.45, 2.75) is 32.2 Å². The summed E-state index contributed by atoms with van der Waals surface area (Å²) in [7, 11) is 3.37. The van der Waals surface area contributed by atoms with E-state index >= 15 is 0 Å². The van der Waals surface area contributed by atoms with Crippen molar-refractivity contribution in [3.63, 3.8) is 0 Å². The number of piperazine rings is 1. The summed E-state index contributed by atoms with van der Waals surface area (Å²) in [4.78, 5) is 17.6. The Balaban J connectivity index is 1.62. The number of nitrogens with zero attached hydrogens (tertiary/aromatic N) is 2. The van der Waals surface area contributed by atoms with Gasteiger partial charge in [0.1, 0.15) is 11.5 Å². The molecule has 2 aromatic carbocycles. The fourth-order valence-corrected chi connectivity index (χ4v) is 4.00. The minimum Gasteiger partial charge on any atom is -0.497 e. The smallest absolute Gasteiger partial charge is 0.230 e. The molecular formula is C24H32N2O3. The van der Waals surface area contributed by atoms with E-state index in [1.165, 1.54) is 0 Å². The Labute approximate surface area is 174 Å². The molecule has 0 bridgehead atoms. The summed E-state index contributed by atoms with van der Waals surface area (Å²) in [5, 5.41) is 0. The van der Waals surface area contributed by atoms with Crippen molar-refractivity contribution in [2.24, 2.45) is 0 Å². The molecule has 156 valence electrons. The maximum absolute atomic E-state index is 13.2. The summed E-state index contributed by atoms with van der Waals surface area (Å²) in [6.07, 6.45) is 1.89. The van der Waals surface area contributed by atoms with Crippen molar-refractivity contribution in [1.82, 2.24) is 9.80 Å². The van der Waals surface area contributed by atoms with E-state index in [-0.39, 0.29) is 11.8 Å². The fraction of sp³-hybridized carbons (Fsp3) is 0.458. The van der Waals surface area contributed by atoms with E-state index in [4.69, 9.17) is 9.47 Å². The zero-order chi connectivity index (χ0) is 20.6. The SMILES string of the molecule is CCCC(C(=O)N1CCN(Cc2cc(OC)ccc2OC)CC1)c1ccccc1. The fourth-order valence-electron chi connectivity index (χ4n) is 4.00. The number of carbonyl (C=O) groups is 1. The molecule has 1 unspecified atom stereocenters. The Morgan fingerprint density at radius 3 is 2.34 bits per heavy atom. The molecule has 1 aliphatic heterocycles. The molecule has 3 rings (SSSR count). The molecule has 1 aliphatic rings. The molecule has 29 heavy (non-hydrogen) atoms. The first-order valence-electron chi connectivity index (χ1n) is 10.4. The third-order valence-corrected chi connectivity index (χ3v) is 5.64. The summed E-state index contributed by atoms with van der Waals surface area (Å²) in [6, 6.07) is 16.1. The summed E-state index contributed by atoms with van der Waals surface area (Å²) >= 11 is 0. The molecule has 1 saturated heterocycles. The molecule has 0 aliphatic carbocycles. The number of ether oxygens (including phenoxy) is 2. The molecule has 5 nitrogen and oxygen atoms in total. The number of carbonyl (C=O) groups excluding carboxylic acids is 1. The zero-order valence-electron chi connectivity index (χ0n) is 17.8. The predicted molar refractivity (Wildman–Crippen MR) is 115 cm³/mol. The van der Waals surface area contributed by atoms with Crippen LogP contribution in [0.3, 0.4) is 0 Å². The van der Waals surface area contributed by atoms with Crippen LogP contribution >= 0.6 is 0 Å². The van der Waals surface area contributed by atoms with Gasteiger partial charge < -0.3 is 14.4 Å². The van der Waals surface area contributed by atoms with E-state index in [2.05, 4.69) is 24.0 Å². The molecule has 1 fully saturated rings. The van der Waals surface area contributed by atoms with Gasteiger partial charge in [0.15, 0.2) is 0 Å². The Morgan fingerprint density at radius 1 is 1.00 bits per heavy atom. The van der Waals surface area contributed by atoms with E-state index in [9.17, 15) is 4.79 Å². The van der Waals surface area contributed by atoms with Gasteiger partial charge in [-0.1, -0.05) is 43.7 Å². The van der Waals surface area contributed by atoms with Gasteiger partial charge >= 0.3 is 0 Å². The van der Waals surface area contributed by atoms with Crippen molar-refractivity contribution in [1.29, 1.82) is 0 Å². The summed E-state index contributed by atoms with van der Waals surface area (Å²) in [5.41, 5.74) is 2.24. The molecule has 1 amide bonds. The third-order valence-electron chi connectivity index (χ3n) is 5.64. The number of hydrogen-bond acceptors (Lipinski definition) is 4. The summed E-state index contributed by atoms with van der Waals surface area (Å²) in [6.45, 7) is 6.18. The lowest BCUT2D eigenvalue weighted by molar-refractivity contribution is -0.134. The summed E-state index contributed by atoms with van der Waals surface area (Å²) < 4.78 is 10.9. The van der Waals surface area contributed by atoms with Gasteiger partial charge in [0.25, 0.3) is 0 Å². The monoisotopic (exact) mass is 396 g/mol. The van der Waals surface area contributed by atoms with Gasteiger partial charge in [0, 0.05) is 38.3 Å². The Kier molecular flexibility index (Phi) is 7.53. The van der Waals surface area contributed by atoms with E-state index in [0.717, 1.165) is 68.2 Å². The first kappa shape index (κ1) is 21.2. The van der Waals surface area contributed by atoms with Crippen LogP contribution in [0.15, 0.2) is 48.5 Å². The predicted octanol–water partition coefficient (Wildman–Crippen LogP) is 3.93. The minimum atomic E-state index is -0.0359. The van der Waals surface area contributed by atoms with Crippen LogP contribution < -0.4 is 9.47 Å². The number of benzene rings is 2. The van der Waals surface area contributed by atoms with Crippen LogP contribution in [0.4, 0.5) is 0 Å². The van der Waals surface area contributed by atoms with Gasteiger partial charge in [-0.25, -0.2) is 0 Å². The lowest BCUT2D eigenvalue weighted by atomic mass is 9.93. The van der Waals surface area contributed by atoms with Crippen LogP contribution in [0.2, 0.25) is 0 Å². The van der Waals surface area contributed by atoms with Crippen molar-refractivity contribution >= 4 is 5.91 Å². The zero-order valence-corrected chi connectivity index (χ0v) is 17.8. The van der Waals surface area contributed by atoms with Crippen LogP contribution in [0, 0.1) is 0 Å². The molecule has 5 heteroatoms. The highest BCUT2D eigenvalue weighted by Crippen LogP contribution is 2.27. The molecule has 0 saturated carbocycles. The standard InChI is InChI=1S/C24H32N2O3/c1-4-8-22(19-9-6-5-7-10-19)24(27)26-15-13-25(14-16-26)18-20-17-21(28-2)11-12-23(20)29-3/h5-7,9-12,17,22H,4,8,13-16,18H2,1-3H3. The number of methoxy groups -OCH3 is 2. The maximum atomic E-state index is 13.2. The lowest BCUT2D eigenvalue weighted by Crippen LogP contribution is -2.49. The first-order valence-corrected chi connectivity index (χ1v) is 10.4. The van der Waals surface area contributed by atoms with Gasteiger partial charge in [-0.2, -0.15) is 0 Å². The maximum Gasteiger partial charge on any atom is 0.230 e. The normalized spacial score (nSPS) is 15.8. The molecule has 1 atom stereocenters. The van der Waals surface area contributed by atoms with Gasteiger partial charge in [-0.15, -0.1) is 0 Å². The van der Waals surface area contributed by atoms with Crippen molar-refractivity contribution in [2.75, 3.05) is 40.4 Å². The molecule has 0 spiro atoms. The van der Waals surface area contributed by atoms with E-state index < -0.39 is 0 Å². The second-order valence-electron chi connectivity index (χ2n) is 7.53. The number of rotatable bonds is 8. The van der Waals surface area contributed by atoms with Crippen LogP contribution in [-0.4, -0.2) is 56.1 Å². The van der Waals surface area contributed by atoms with E-state index in [0.29, 0.717) is 0 Å². The van der Waals surface area contributed by atoms with Crippen molar-refractivity contribution < 1.29 is 14.3 Å². The quantitative estimate of drug-likeness (QED) is 0.678. The van der Waals surface area contributed by atoms with Gasteiger partial charge in [-0.3, -0.25) is 9.69 Å². The van der Waals surface area contributed by atoms with Gasteiger partial charge in [0.05, 0.1) is 20.1 Å². The largest absolute Gasteiger partial charge is 0.497 e. The highest BCUT2D eigenvalue weighted by molar-refractivity contribution is 5.83. The van der Waals surface area contributed by atoms with Gasteiger partial charge in [0.2, 0.25) is 5.91 Å². The van der Waals surface area contributed by atoms with Crippen LogP contribution in [0.25, 0.3) is 0 Å². The average molecular weight is 397 g/mol. The second kappa shape index (κ2) is 10.3. The minimum absolute atomic E-state index is 0.0359. The third kappa shape index (κ3) is 5.30. The molecule has 0 aromatic heterocycles. The Bertz CT molecular complexity index is 786. The number of amides is 1. The van der Waals surface area contributed by atoms with Crippen molar-refractivity contribution in [3.8, 4) is 11.5 Å². The van der Waals surface area contributed by atoms with E-state index in [1.54, 1.807) is 14.2 Å². The highest BCUT2D eigenvalue weighted by Gasteiger charge is 2.28. The number of hydrogen-bond donors (Lipinski definition) is 0. The topological polar surface area (TPSA) is 42.0 Å². The lowest BCUT2D eigenvalue weighted by Gasteiger charge is -2.36. The van der Waals surface area contributed by atoms with Crippen LogP contribution in [0.1, 0.15) is 36.8 Å². The van der Waals surface area contributed by atoms with Gasteiger partial charge in [-0.05, 0) is 30.2 Å². The molecule has 0 radical (unpaired) electrons. The molecule has 1 heterocycles. The second-order valence-corrected chi connectivity index (χ2v) is 7.53.